The van der Waals surface area contributed by atoms with Crippen LogP contribution in [-0.2, 0) is 0 Å². The summed E-state index contributed by atoms with van der Waals surface area (Å²) >= 11 is 0. The molecule has 3 N–H and O–H groups in total. The lowest BCUT2D eigenvalue weighted by atomic mass is 10.0. The zero-order chi connectivity index (χ0) is 21.5. The van der Waals surface area contributed by atoms with E-state index in [9.17, 15) is 15.3 Å². The van der Waals surface area contributed by atoms with Crippen molar-refractivity contribution >= 4 is 0 Å². The van der Waals surface area contributed by atoms with Gasteiger partial charge in [-0.1, -0.05) is 84.0 Å². The molecule has 0 amide bonds. The summed E-state index contributed by atoms with van der Waals surface area (Å²) in [5, 5.41) is 27.8. The van der Waals surface area contributed by atoms with Gasteiger partial charge in [-0.15, -0.1) is 0 Å². The zero-order valence-corrected chi connectivity index (χ0v) is 19.8. The fraction of sp³-hybridized carbons (Fsp3) is 1.00. The average Bonchev–Trinajstić information content (AvgIpc) is 2.74. The van der Waals surface area contributed by atoms with Crippen molar-refractivity contribution in [3.05, 3.63) is 0 Å². The van der Waals surface area contributed by atoms with Crippen molar-refractivity contribution in [2.75, 3.05) is 46.0 Å². The molecule has 0 aromatic rings. The van der Waals surface area contributed by atoms with Crippen molar-refractivity contribution in [1.82, 2.24) is 0 Å². The second-order valence-corrected chi connectivity index (χ2v) is 9.06. The van der Waals surface area contributed by atoms with Gasteiger partial charge in [-0.25, -0.2) is 0 Å². The number of quaternary nitrogens is 1. The van der Waals surface area contributed by atoms with Gasteiger partial charge in [0.2, 0.25) is 0 Å². The highest BCUT2D eigenvalue weighted by molar-refractivity contribution is 4.52. The molecule has 0 unspecified atom stereocenters. The number of aliphatic hydroxyl groups is 3. The van der Waals surface area contributed by atoms with Crippen LogP contribution in [0.25, 0.3) is 0 Å². The molecular weight excluding hydrogens is 362 g/mol. The van der Waals surface area contributed by atoms with Crippen LogP contribution in [0.4, 0.5) is 0 Å². The Kier molecular flexibility index (Phi) is 22.4. The first-order chi connectivity index (χ1) is 14.2. The predicted molar refractivity (Wildman–Crippen MR) is 125 cm³/mol. The monoisotopic (exact) mass is 416 g/mol. The van der Waals surface area contributed by atoms with Gasteiger partial charge >= 0.3 is 0 Å². The molecule has 0 rings (SSSR count). The molecule has 0 saturated carbocycles. The number of hydrogen-bond acceptors (Lipinski definition) is 3. The highest BCUT2D eigenvalue weighted by Crippen LogP contribution is 2.17. The fourth-order valence-electron chi connectivity index (χ4n) is 4.53. The van der Waals surface area contributed by atoms with E-state index >= 15 is 0 Å². The third kappa shape index (κ3) is 18.3. The van der Waals surface area contributed by atoms with E-state index in [0.29, 0.717) is 0 Å². The number of unbranched alkanes of at least 4 members (excludes halogenated alkanes) is 13. The molecule has 4 heteroatoms. The van der Waals surface area contributed by atoms with E-state index in [1.165, 1.54) is 89.9 Å². The van der Waals surface area contributed by atoms with Gasteiger partial charge in [0.25, 0.3) is 0 Å². The van der Waals surface area contributed by atoms with E-state index in [1.807, 2.05) is 0 Å². The number of nitrogens with zero attached hydrogens (tertiary/aromatic N) is 1. The van der Waals surface area contributed by atoms with Gasteiger partial charge in [-0.2, -0.15) is 0 Å². The van der Waals surface area contributed by atoms with E-state index in [2.05, 4.69) is 6.92 Å². The maximum Gasteiger partial charge on any atom is 0.0808 e. The van der Waals surface area contributed by atoms with Crippen LogP contribution in [0.1, 0.15) is 116 Å². The second-order valence-electron chi connectivity index (χ2n) is 9.06. The van der Waals surface area contributed by atoms with Crippen molar-refractivity contribution in [2.24, 2.45) is 0 Å². The normalized spacial score (nSPS) is 12.0. The quantitative estimate of drug-likeness (QED) is 0.145. The Balaban J connectivity index is 3.79. The Morgan fingerprint density at radius 1 is 0.379 bits per heavy atom. The Morgan fingerprint density at radius 3 is 0.966 bits per heavy atom. The molecule has 0 atom stereocenters. The van der Waals surface area contributed by atoms with Gasteiger partial charge in [0.05, 0.1) is 26.2 Å². The number of aliphatic hydroxyl groups excluding tert-OH is 3. The van der Waals surface area contributed by atoms with Gasteiger partial charge < -0.3 is 19.8 Å². The molecule has 0 aromatic heterocycles. The van der Waals surface area contributed by atoms with Gasteiger partial charge in [0.1, 0.15) is 0 Å². The number of rotatable bonds is 24. The summed E-state index contributed by atoms with van der Waals surface area (Å²) in [7, 11) is 0. The van der Waals surface area contributed by atoms with Crippen molar-refractivity contribution in [1.29, 1.82) is 0 Å². The van der Waals surface area contributed by atoms with Crippen LogP contribution >= 0.6 is 0 Å². The molecule has 176 valence electrons. The smallest absolute Gasteiger partial charge is 0.0808 e. The van der Waals surface area contributed by atoms with Gasteiger partial charge in [0, 0.05) is 39.1 Å². The van der Waals surface area contributed by atoms with Crippen LogP contribution in [0.3, 0.4) is 0 Å². The fourth-order valence-corrected chi connectivity index (χ4v) is 4.53. The standard InChI is InChI=1S/C25H54NO3/c1-2-3-4-5-6-7-8-9-10-11-12-13-14-15-19-26(20-16-23-27,21-17-24-28)22-18-25-29/h27-29H,2-25H2,1H3/q+1. The first-order valence-electron chi connectivity index (χ1n) is 12.9. The molecule has 0 radical (unpaired) electrons. The molecule has 0 bridgehead atoms. The van der Waals surface area contributed by atoms with E-state index in [0.717, 1.165) is 49.9 Å². The van der Waals surface area contributed by atoms with Crippen LogP contribution in [0, 0.1) is 0 Å². The lowest BCUT2D eigenvalue weighted by Gasteiger charge is -2.39. The molecule has 4 nitrogen and oxygen atoms in total. The molecule has 0 aliphatic heterocycles. The van der Waals surface area contributed by atoms with Crippen molar-refractivity contribution in [3.63, 3.8) is 0 Å². The Labute approximate surface area is 182 Å². The summed E-state index contributed by atoms with van der Waals surface area (Å²) in [6.45, 7) is 7.00. The van der Waals surface area contributed by atoms with Crippen molar-refractivity contribution in [2.45, 2.75) is 116 Å². The zero-order valence-electron chi connectivity index (χ0n) is 19.8. The first-order valence-corrected chi connectivity index (χ1v) is 12.9. The van der Waals surface area contributed by atoms with Crippen LogP contribution < -0.4 is 0 Å². The molecule has 0 aliphatic carbocycles. The van der Waals surface area contributed by atoms with E-state index < -0.39 is 0 Å². The van der Waals surface area contributed by atoms with Gasteiger partial charge in [0.15, 0.2) is 0 Å². The molecule has 0 heterocycles. The third-order valence-corrected chi connectivity index (χ3v) is 6.36. The maximum atomic E-state index is 9.27. The van der Waals surface area contributed by atoms with E-state index in [1.54, 1.807) is 0 Å². The Morgan fingerprint density at radius 2 is 0.655 bits per heavy atom. The predicted octanol–water partition coefficient (Wildman–Crippen LogP) is 5.43. The SMILES string of the molecule is CCCCCCCCCCCCCCCC[N+](CCCO)(CCCO)CCCO. The van der Waals surface area contributed by atoms with Crippen LogP contribution in [0.15, 0.2) is 0 Å². The Hall–Kier alpha value is -0.160. The average molecular weight is 417 g/mol. The van der Waals surface area contributed by atoms with Crippen LogP contribution in [0.5, 0.6) is 0 Å². The third-order valence-electron chi connectivity index (χ3n) is 6.36. The van der Waals surface area contributed by atoms with Crippen LogP contribution in [0.2, 0.25) is 0 Å². The highest BCUT2D eigenvalue weighted by atomic mass is 16.3. The topological polar surface area (TPSA) is 60.7 Å². The van der Waals surface area contributed by atoms with Gasteiger partial charge in [-0.05, 0) is 12.8 Å². The maximum absolute atomic E-state index is 9.27. The second kappa shape index (κ2) is 22.5. The molecule has 0 saturated heterocycles. The minimum Gasteiger partial charge on any atom is -0.396 e. The lowest BCUT2D eigenvalue weighted by molar-refractivity contribution is -0.929. The summed E-state index contributed by atoms with van der Waals surface area (Å²) in [4.78, 5) is 0. The van der Waals surface area contributed by atoms with Crippen molar-refractivity contribution < 1.29 is 19.8 Å². The molecular formula is C25H54NO3+. The minimum atomic E-state index is 0.233. The van der Waals surface area contributed by atoms with E-state index in [-0.39, 0.29) is 19.8 Å². The minimum absolute atomic E-state index is 0.233. The van der Waals surface area contributed by atoms with Crippen LogP contribution in [-0.4, -0.2) is 65.8 Å². The Bertz CT molecular complexity index is 291. The summed E-state index contributed by atoms with van der Waals surface area (Å²) in [6.07, 6.45) is 21.7. The summed E-state index contributed by atoms with van der Waals surface area (Å²) in [5.74, 6) is 0. The molecule has 29 heavy (non-hydrogen) atoms. The summed E-state index contributed by atoms with van der Waals surface area (Å²) < 4.78 is 0.958. The summed E-state index contributed by atoms with van der Waals surface area (Å²) in [5.41, 5.74) is 0. The molecule has 0 fully saturated rings. The largest absolute Gasteiger partial charge is 0.396 e. The first kappa shape index (κ1) is 28.8. The molecule has 0 aliphatic rings. The van der Waals surface area contributed by atoms with Crippen molar-refractivity contribution in [3.8, 4) is 0 Å². The molecule has 0 spiro atoms. The number of hydrogen-bond donors (Lipinski definition) is 3. The molecule has 0 aromatic carbocycles. The van der Waals surface area contributed by atoms with Gasteiger partial charge in [-0.3, -0.25) is 0 Å². The van der Waals surface area contributed by atoms with E-state index in [4.69, 9.17) is 0 Å². The highest BCUT2D eigenvalue weighted by Gasteiger charge is 2.25. The summed E-state index contributed by atoms with van der Waals surface area (Å²) in [6, 6.07) is 0. The lowest BCUT2D eigenvalue weighted by Crippen LogP contribution is -2.51.